The number of aliphatic imine (C=N–C) groups is 1. The molecule has 6 nitrogen and oxygen atoms in total. The second-order valence-electron chi connectivity index (χ2n) is 5.55. The average Bonchev–Trinajstić information content (AvgIpc) is 2.45. The van der Waals surface area contributed by atoms with Crippen molar-refractivity contribution in [3.8, 4) is 0 Å². The zero-order chi connectivity index (χ0) is 16.6. The van der Waals surface area contributed by atoms with Crippen LogP contribution in [0.5, 0.6) is 0 Å². The lowest BCUT2D eigenvalue weighted by molar-refractivity contribution is 0.573. The van der Waals surface area contributed by atoms with Crippen LogP contribution in [0.2, 0.25) is 0 Å². The molecule has 4 N–H and O–H groups in total. The van der Waals surface area contributed by atoms with Crippen molar-refractivity contribution in [1.82, 2.24) is 10.6 Å². The van der Waals surface area contributed by atoms with Crippen LogP contribution in [0.25, 0.3) is 0 Å². The minimum absolute atomic E-state index is 0. The number of rotatable bonds is 7. The number of halogens is 1. The summed E-state index contributed by atoms with van der Waals surface area (Å²) in [6.45, 7) is 5.97. The number of nitrogens with two attached hydrogens (primary N) is 1. The first-order chi connectivity index (χ1) is 10.3. The number of hydrogen-bond donors (Lipinski definition) is 3. The van der Waals surface area contributed by atoms with Crippen molar-refractivity contribution in [3.05, 3.63) is 29.8 Å². The first-order valence-electron chi connectivity index (χ1n) is 7.39. The van der Waals surface area contributed by atoms with E-state index in [9.17, 15) is 8.42 Å². The summed E-state index contributed by atoms with van der Waals surface area (Å²) in [5.41, 5.74) is 1.04. The van der Waals surface area contributed by atoms with Crippen LogP contribution >= 0.6 is 24.0 Å². The van der Waals surface area contributed by atoms with E-state index in [-0.39, 0.29) is 28.9 Å². The van der Waals surface area contributed by atoms with Gasteiger partial charge in [0.05, 0.1) is 4.90 Å². The van der Waals surface area contributed by atoms with Crippen LogP contribution in [0, 0.1) is 5.92 Å². The van der Waals surface area contributed by atoms with Crippen molar-refractivity contribution in [1.29, 1.82) is 0 Å². The van der Waals surface area contributed by atoms with Gasteiger partial charge in [-0.3, -0.25) is 4.99 Å². The zero-order valence-corrected chi connectivity index (χ0v) is 17.0. The molecule has 0 aliphatic rings. The Morgan fingerprint density at radius 1 is 1.17 bits per heavy atom. The van der Waals surface area contributed by atoms with Crippen molar-refractivity contribution < 1.29 is 8.42 Å². The van der Waals surface area contributed by atoms with Crippen molar-refractivity contribution >= 4 is 40.0 Å². The van der Waals surface area contributed by atoms with Gasteiger partial charge in [-0.1, -0.05) is 26.0 Å². The standard InChI is InChI=1S/C15H26N4O2S.HI/c1-12(2)8-10-18-15(17-3)19-11-9-13-4-6-14(7-5-13)22(16,20)21;/h4-7,12H,8-11H2,1-3H3,(H2,16,20,21)(H2,17,18,19);1H. The fourth-order valence-corrected chi connectivity index (χ4v) is 2.39. The first-order valence-corrected chi connectivity index (χ1v) is 8.94. The second kappa shape index (κ2) is 10.8. The van der Waals surface area contributed by atoms with E-state index in [0.717, 1.165) is 37.5 Å². The smallest absolute Gasteiger partial charge is 0.238 e. The summed E-state index contributed by atoms with van der Waals surface area (Å²) in [4.78, 5) is 4.30. The summed E-state index contributed by atoms with van der Waals surface area (Å²) < 4.78 is 22.4. The molecule has 1 aromatic carbocycles. The van der Waals surface area contributed by atoms with Gasteiger partial charge in [-0.05, 0) is 36.5 Å². The highest BCUT2D eigenvalue weighted by Gasteiger charge is 2.06. The SMILES string of the molecule is CN=C(NCCc1ccc(S(N)(=O)=O)cc1)NCCC(C)C.I. The van der Waals surface area contributed by atoms with Gasteiger partial charge >= 0.3 is 0 Å². The molecule has 0 aromatic heterocycles. The fraction of sp³-hybridized carbons (Fsp3) is 0.533. The third-order valence-electron chi connectivity index (χ3n) is 3.20. The quantitative estimate of drug-likeness (QED) is 0.332. The number of guanidine groups is 1. The first kappa shape index (κ1) is 22.1. The molecule has 0 spiro atoms. The van der Waals surface area contributed by atoms with Gasteiger partial charge in [0.25, 0.3) is 0 Å². The number of sulfonamides is 1. The molecular formula is C15H27IN4O2S. The highest BCUT2D eigenvalue weighted by molar-refractivity contribution is 14.0. The maximum Gasteiger partial charge on any atom is 0.238 e. The average molecular weight is 454 g/mol. The van der Waals surface area contributed by atoms with Gasteiger partial charge in [0.2, 0.25) is 10.0 Å². The summed E-state index contributed by atoms with van der Waals surface area (Å²) in [5, 5.41) is 11.6. The van der Waals surface area contributed by atoms with E-state index in [1.807, 2.05) is 0 Å². The van der Waals surface area contributed by atoms with E-state index in [4.69, 9.17) is 5.14 Å². The topological polar surface area (TPSA) is 96.6 Å². The molecule has 0 aliphatic heterocycles. The Morgan fingerprint density at radius 3 is 2.22 bits per heavy atom. The summed E-state index contributed by atoms with van der Waals surface area (Å²) in [6.07, 6.45) is 1.87. The van der Waals surface area contributed by atoms with Crippen molar-refractivity contribution in [2.24, 2.45) is 16.0 Å². The molecule has 0 heterocycles. The Balaban J connectivity index is 0.00000484. The predicted molar refractivity (Wildman–Crippen MR) is 106 cm³/mol. The van der Waals surface area contributed by atoms with Crippen LogP contribution in [0.1, 0.15) is 25.8 Å². The summed E-state index contributed by atoms with van der Waals surface area (Å²) in [7, 11) is -1.88. The van der Waals surface area contributed by atoms with Crippen LogP contribution in [0.4, 0.5) is 0 Å². The third kappa shape index (κ3) is 9.11. The minimum atomic E-state index is -3.62. The summed E-state index contributed by atoms with van der Waals surface area (Å²) in [6, 6.07) is 6.60. The number of nitrogens with zero attached hydrogens (tertiary/aromatic N) is 1. The molecule has 1 rings (SSSR count). The molecular weight excluding hydrogens is 427 g/mol. The Morgan fingerprint density at radius 2 is 1.74 bits per heavy atom. The van der Waals surface area contributed by atoms with Gasteiger partial charge < -0.3 is 10.6 Å². The van der Waals surface area contributed by atoms with Crippen molar-refractivity contribution in [2.75, 3.05) is 20.1 Å². The molecule has 0 bridgehead atoms. The van der Waals surface area contributed by atoms with E-state index in [0.29, 0.717) is 5.92 Å². The highest BCUT2D eigenvalue weighted by atomic mass is 127. The van der Waals surface area contributed by atoms with Gasteiger partial charge in [0.15, 0.2) is 5.96 Å². The maximum atomic E-state index is 11.2. The van der Waals surface area contributed by atoms with Gasteiger partial charge in [0.1, 0.15) is 0 Å². The van der Waals surface area contributed by atoms with E-state index in [2.05, 4.69) is 29.5 Å². The molecule has 0 saturated heterocycles. The Hall–Kier alpha value is -0.870. The molecule has 0 unspecified atom stereocenters. The molecule has 0 radical (unpaired) electrons. The van der Waals surface area contributed by atoms with E-state index in [1.165, 1.54) is 12.1 Å². The van der Waals surface area contributed by atoms with Crippen LogP contribution < -0.4 is 15.8 Å². The molecule has 0 aliphatic carbocycles. The number of hydrogen-bond acceptors (Lipinski definition) is 3. The van der Waals surface area contributed by atoms with Crippen molar-refractivity contribution in [3.63, 3.8) is 0 Å². The Labute approximate surface area is 156 Å². The number of primary sulfonamides is 1. The second-order valence-corrected chi connectivity index (χ2v) is 7.11. The Bertz CT molecular complexity index is 586. The lowest BCUT2D eigenvalue weighted by Gasteiger charge is -2.12. The van der Waals surface area contributed by atoms with E-state index in [1.54, 1.807) is 19.2 Å². The van der Waals surface area contributed by atoms with Crippen molar-refractivity contribution in [2.45, 2.75) is 31.6 Å². The lowest BCUT2D eigenvalue weighted by atomic mass is 10.1. The Kier molecular flexibility index (Phi) is 10.4. The molecule has 132 valence electrons. The highest BCUT2D eigenvalue weighted by Crippen LogP contribution is 2.08. The molecule has 0 amide bonds. The van der Waals surface area contributed by atoms with E-state index >= 15 is 0 Å². The van der Waals surface area contributed by atoms with Gasteiger partial charge in [-0.15, -0.1) is 24.0 Å². The largest absolute Gasteiger partial charge is 0.356 e. The fourth-order valence-electron chi connectivity index (χ4n) is 1.87. The molecule has 0 fully saturated rings. The van der Waals surface area contributed by atoms with E-state index < -0.39 is 10.0 Å². The minimum Gasteiger partial charge on any atom is -0.356 e. The maximum absolute atomic E-state index is 11.2. The van der Waals surface area contributed by atoms with Crippen LogP contribution in [-0.2, 0) is 16.4 Å². The number of benzene rings is 1. The number of nitrogens with one attached hydrogen (secondary N) is 2. The van der Waals surface area contributed by atoms with Gasteiger partial charge in [-0.2, -0.15) is 0 Å². The van der Waals surface area contributed by atoms with Gasteiger partial charge in [0, 0.05) is 20.1 Å². The van der Waals surface area contributed by atoms with Gasteiger partial charge in [-0.25, -0.2) is 13.6 Å². The molecule has 0 saturated carbocycles. The van der Waals surface area contributed by atoms with Crippen LogP contribution in [0.3, 0.4) is 0 Å². The summed E-state index contributed by atoms with van der Waals surface area (Å²) in [5.74, 6) is 1.43. The lowest BCUT2D eigenvalue weighted by Crippen LogP contribution is -2.39. The molecule has 23 heavy (non-hydrogen) atoms. The molecule has 1 aromatic rings. The third-order valence-corrected chi connectivity index (χ3v) is 4.12. The van der Waals surface area contributed by atoms with Crippen LogP contribution in [-0.4, -0.2) is 34.5 Å². The zero-order valence-electron chi connectivity index (χ0n) is 13.9. The summed E-state index contributed by atoms with van der Waals surface area (Å²) >= 11 is 0. The normalized spacial score (nSPS) is 12.0. The molecule has 8 heteroatoms. The monoisotopic (exact) mass is 454 g/mol. The van der Waals surface area contributed by atoms with Crippen LogP contribution in [0.15, 0.2) is 34.2 Å². The molecule has 0 atom stereocenters. The predicted octanol–water partition coefficient (Wildman–Crippen LogP) is 1.71.